The summed E-state index contributed by atoms with van der Waals surface area (Å²) in [5.41, 5.74) is 3.46. The minimum Gasteiger partial charge on any atom is -0.497 e. The van der Waals surface area contributed by atoms with Gasteiger partial charge in [0.25, 0.3) is 0 Å². The van der Waals surface area contributed by atoms with E-state index in [-0.39, 0.29) is 5.54 Å². The molecule has 3 heteroatoms. The summed E-state index contributed by atoms with van der Waals surface area (Å²) in [4.78, 5) is 4.87. The molecular weight excluding hydrogens is 260 g/mol. The fraction of sp³-hybridized carbons (Fsp3) is 0.278. The molecule has 0 aliphatic carbocycles. The molecule has 0 saturated carbocycles. The molecule has 0 amide bonds. The quantitative estimate of drug-likeness (QED) is 0.905. The number of rotatable bonds is 2. The first kappa shape index (κ1) is 13.7. The number of hydrogen-bond donors (Lipinski definition) is 1. The molecule has 21 heavy (non-hydrogen) atoms. The van der Waals surface area contributed by atoms with Crippen molar-refractivity contribution in [3.05, 3.63) is 59.7 Å². The molecule has 0 radical (unpaired) electrons. The molecule has 0 saturated heterocycles. The molecule has 0 spiro atoms. The summed E-state index contributed by atoms with van der Waals surface area (Å²) < 4.78 is 5.19. The molecule has 0 fully saturated rings. The van der Waals surface area contributed by atoms with E-state index >= 15 is 0 Å². The van der Waals surface area contributed by atoms with Gasteiger partial charge in [0.1, 0.15) is 11.6 Å². The third kappa shape index (κ3) is 2.92. The van der Waals surface area contributed by atoms with Crippen molar-refractivity contribution < 1.29 is 4.74 Å². The summed E-state index contributed by atoms with van der Waals surface area (Å²) in [6, 6.07) is 16.4. The summed E-state index contributed by atoms with van der Waals surface area (Å²) in [6.45, 7) is 4.33. The Morgan fingerprint density at radius 3 is 2.48 bits per heavy atom. The van der Waals surface area contributed by atoms with E-state index in [4.69, 9.17) is 9.73 Å². The largest absolute Gasteiger partial charge is 0.497 e. The molecule has 1 N–H and O–H groups in total. The highest BCUT2D eigenvalue weighted by Gasteiger charge is 2.26. The van der Waals surface area contributed by atoms with Crippen molar-refractivity contribution in [1.82, 2.24) is 0 Å². The van der Waals surface area contributed by atoms with Crippen LogP contribution in [-0.2, 0) is 6.42 Å². The van der Waals surface area contributed by atoms with Crippen LogP contribution in [0.5, 0.6) is 5.75 Å². The van der Waals surface area contributed by atoms with E-state index in [1.165, 1.54) is 11.1 Å². The number of amidine groups is 1. The first-order valence-corrected chi connectivity index (χ1v) is 7.17. The average molecular weight is 280 g/mol. The summed E-state index contributed by atoms with van der Waals surface area (Å²) in [7, 11) is 1.67. The molecule has 2 aromatic rings. The molecule has 108 valence electrons. The number of aliphatic imine (C=N–C) groups is 1. The Morgan fingerprint density at radius 2 is 1.76 bits per heavy atom. The topological polar surface area (TPSA) is 33.6 Å². The van der Waals surface area contributed by atoms with Crippen molar-refractivity contribution in [2.24, 2.45) is 4.99 Å². The van der Waals surface area contributed by atoms with E-state index in [1.54, 1.807) is 7.11 Å². The van der Waals surface area contributed by atoms with Crippen molar-refractivity contribution in [1.29, 1.82) is 0 Å². The molecule has 0 atom stereocenters. The molecular formula is C18H20N2O. The molecule has 2 aromatic carbocycles. The van der Waals surface area contributed by atoms with Crippen LogP contribution in [0.2, 0.25) is 0 Å². The van der Waals surface area contributed by atoms with Crippen LogP contribution in [0.15, 0.2) is 53.5 Å². The van der Waals surface area contributed by atoms with E-state index in [0.29, 0.717) is 0 Å². The number of fused-ring (bicyclic) bond motifs is 1. The van der Waals surface area contributed by atoms with E-state index in [9.17, 15) is 0 Å². The maximum absolute atomic E-state index is 5.19. The molecule has 0 unspecified atom stereocenters. The second kappa shape index (κ2) is 5.24. The number of benzene rings is 2. The van der Waals surface area contributed by atoms with Gasteiger partial charge < -0.3 is 10.1 Å². The predicted octanol–water partition coefficient (Wildman–Crippen LogP) is 3.89. The number of methoxy groups -OCH3 is 1. The maximum atomic E-state index is 5.19. The third-order valence-corrected chi connectivity index (χ3v) is 3.66. The van der Waals surface area contributed by atoms with Gasteiger partial charge in [-0.3, -0.25) is 4.99 Å². The van der Waals surface area contributed by atoms with Crippen LogP contribution < -0.4 is 10.1 Å². The lowest BCUT2D eigenvalue weighted by Gasteiger charge is -2.29. The summed E-state index contributed by atoms with van der Waals surface area (Å²) in [5, 5.41) is 3.44. The van der Waals surface area contributed by atoms with Gasteiger partial charge in [0, 0.05) is 11.3 Å². The van der Waals surface area contributed by atoms with Crippen LogP contribution in [0.4, 0.5) is 5.69 Å². The molecule has 0 aromatic heterocycles. The van der Waals surface area contributed by atoms with Crippen LogP contribution in [0.25, 0.3) is 0 Å². The lowest BCUT2D eigenvalue weighted by molar-refractivity contribution is 0.415. The second-order valence-electron chi connectivity index (χ2n) is 5.96. The minimum atomic E-state index is -0.0802. The van der Waals surface area contributed by atoms with Crippen LogP contribution in [-0.4, -0.2) is 18.5 Å². The fourth-order valence-corrected chi connectivity index (χ4v) is 2.68. The van der Waals surface area contributed by atoms with Crippen molar-refractivity contribution >= 4 is 11.5 Å². The van der Waals surface area contributed by atoms with E-state index in [2.05, 4.69) is 43.4 Å². The SMILES string of the molecule is COc1ccc(NC2=NC(C)(C)Cc3ccccc32)cc1. The maximum Gasteiger partial charge on any atom is 0.133 e. The van der Waals surface area contributed by atoms with Gasteiger partial charge in [-0.15, -0.1) is 0 Å². The monoisotopic (exact) mass is 280 g/mol. The van der Waals surface area contributed by atoms with Crippen LogP contribution in [0.3, 0.4) is 0 Å². The van der Waals surface area contributed by atoms with Crippen LogP contribution >= 0.6 is 0 Å². The Hall–Kier alpha value is -2.29. The first-order chi connectivity index (χ1) is 10.1. The zero-order valence-corrected chi connectivity index (χ0v) is 12.7. The number of nitrogens with one attached hydrogen (secondary N) is 1. The molecule has 3 rings (SSSR count). The molecule has 1 aliphatic rings. The summed E-state index contributed by atoms with van der Waals surface area (Å²) >= 11 is 0. The molecule has 3 nitrogen and oxygen atoms in total. The Kier molecular flexibility index (Phi) is 3.42. The lowest BCUT2D eigenvalue weighted by atomic mass is 9.89. The lowest BCUT2D eigenvalue weighted by Crippen LogP contribution is -2.32. The van der Waals surface area contributed by atoms with Crippen molar-refractivity contribution in [2.75, 3.05) is 12.4 Å². The highest BCUT2D eigenvalue weighted by Crippen LogP contribution is 2.27. The average Bonchev–Trinajstić information content (AvgIpc) is 2.47. The first-order valence-electron chi connectivity index (χ1n) is 7.17. The van der Waals surface area contributed by atoms with Gasteiger partial charge in [0.2, 0.25) is 0 Å². The summed E-state index contributed by atoms with van der Waals surface area (Å²) in [6.07, 6.45) is 0.969. The fourth-order valence-electron chi connectivity index (χ4n) is 2.68. The van der Waals surface area contributed by atoms with Crippen molar-refractivity contribution in [3.63, 3.8) is 0 Å². The minimum absolute atomic E-state index is 0.0802. The Balaban J connectivity index is 1.93. The standard InChI is InChI=1S/C18H20N2O/c1-18(2)12-13-6-4-5-7-16(13)17(20-18)19-14-8-10-15(21-3)11-9-14/h4-11H,12H2,1-3H3,(H,19,20). The summed E-state index contributed by atoms with van der Waals surface area (Å²) in [5.74, 6) is 1.79. The number of nitrogens with zero attached hydrogens (tertiary/aromatic N) is 1. The molecule has 1 aliphatic heterocycles. The van der Waals surface area contributed by atoms with Gasteiger partial charge in [0.15, 0.2) is 0 Å². The smallest absolute Gasteiger partial charge is 0.133 e. The van der Waals surface area contributed by atoms with E-state index in [0.717, 1.165) is 23.7 Å². The van der Waals surface area contributed by atoms with Gasteiger partial charge in [0.05, 0.1) is 12.6 Å². The third-order valence-electron chi connectivity index (χ3n) is 3.66. The molecule has 0 bridgehead atoms. The van der Waals surface area contributed by atoms with Crippen LogP contribution in [0, 0.1) is 0 Å². The number of anilines is 1. The zero-order valence-electron chi connectivity index (χ0n) is 12.7. The number of ether oxygens (including phenoxy) is 1. The van der Waals surface area contributed by atoms with Gasteiger partial charge in [-0.25, -0.2) is 0 Å². The van der Waals surface area contributed by atoms with Gasteiger partial charge >= 0.3 is 0 Å². The van der Waals surface area contributed by atoms with Gasteiger partial charge in [-0.2, -0.15) is 0 Å². The highest BCUT2D eigenvalue weighted by molar-refractivity contribution is 6.10. The highest BCUT2D eigenvalue weighted by atomic mass is 16.5. The Bertz CT molecular complexity index is 672. The van der Waals surface area contributed by atoms with Crippen molar-refractivity contribution in [2.45, 2.75) is 25.8 Å². The normalized spacial score (nSPS) is 15.9. The van der Waals surface area contributed by atoms with Gasteiger partial charge in [-0.05, 0) is 50.1 Å². The zero-order chi connectivity index (χ0) is 14.9. The second-order valence-corrected chi connectivity index (χ2v) is 5.96. The predicted molar refractivity (Wildman–Crippen MR) is 87.4 cm³/mol. The Morgan fingerprint density at radius 1 is 1.05 bits per heavy atom. The van der Waals surface area contributed by atoms with Crippen molar-refractivity contribution in [3.8, 4) is 5.75 Å². The van der Waals surface area contributed by atoms with Gasteiger partial charge in [-0.1, -0.05) is 24.3 Å². The number of hydrogen-bond acceptors (Lipinski definition) is 3. The van der Waals surface area contributed by atoms with Crippen LogP contribution in [0.1, 0.15) is 25.0 Å². The Labute approximate surface area is 125 Å². The van der Waals surface area contributed by atoms with E-state index in [1.807, 2.05) is 24.3 Å². The van der Waals surface area contributed by atoms with E-state index < -0.39 is 0 Å². The molecule has 1 heterocycles.